The van der Waals surface area contributed by atoms with Crippen LogP contribution in [0.1, 0.15) is 13.3 Å². The number of carboxylic acids is 1. The molecule has 3 amide bonds. The lowest BCUT2D eigenvalue weighted by Gasteiger charge is -2.32. The summed E-state index contributed by atoms with van der Waals surface area (Å²) in [6.45, 7) is 1.69. The Kier molecular flexibility index (Phi) is 4.99. The van der Waals surface area contributed by atoms with Crippen LogP contribution in [0.2, 0.25) is 0 Å². The Labute approximate surface area is 105 Å². The smallest absolute Gasteiger partial charge is 0.328 e. The van der Waals surface area contributed by atoms with Gasteiger partial charge in [-0.1, -0.05) is 0 Å². The van der Waals surface area contributed by atoms with Crippen LogP contribution in [-0.2, 0) is 9.59 Å². The topological polar surface area (TPSA) is 98.7 Å². The first-order valence-corrected chi connectivity index (χ1v) is 5.50. The second kappa shape index (κ2) is 6.49. The van der Waals surface area contributed by atoms with Crippen molar-refractivity contribution in [3.05, 3.63) is 0 Å². The van der Waals surface area contributed by atoms with E-state index in [1.54, 1.807) is 6.92 Å². The predicted octanol–water partition coefficient (Wildman–Crippen LogP) is -1.01. The van der Waals surface area contributed by atoms with Gasteiger partial charge >= 0.3 is 12.0 Å². The fourth-order valence-electron chi connectivity index (χ4n) is 1.53. The van der Waals surface area contributed by atoms with Crippen molar-refractivity contribution >= 4 is 17.9 Å². The molecule has 0 spiro atoms. The van der Waals surface area contributed by atoms with Gasteiger partial charge in [-0.2, -0.15) is 0 Å². The highest BCUT2D eigenvalue weighted by Crippen LogP contribution is 2.04. The Bertz CT molecular complexity index is 410. The standard InChI is InChI=1S/C11H15N3O4/c1-2-3-4-5-12-11(18)14-7-9(15)13-6-8(14)10(16)17/h8H,4-7H2,1H3,(H,12,18)(H,13,15)(H,16,17). The number of aliphatic carboxylic acids is 1. The van der Waals surface area contributed by atoms with Gasteiger partial charge in [-0.25, -0.2) is 9.59 Å². The second-order valence-electron chi connectivity index (χ2n) is 3.69. The molecule has 7 nitrogen and oxygen atoms in total. The molecule has 1 atom stereocenters. The van der Waals surface area contributed by atoms with Crippen LogP contribution in [0.25, 0.3) is 0 Å². The second-order valence-corrected chi connectivity index (χ2v) is 3.69. The van der Waals surface area contributed by atoms with Crippen LogP contribution in [0.3, 0.4) is 0 Å². The molecule has 1 aliphatic heterocycles. The van der Waals surface area contributed by atoms with Gasteiger partial charge < -0.3 is 15.7 Å². The number of urea groups is 1. The molecule has 3 N–H and O–H groups in total. The lowest BCUT2D eigenvalue weighted by molar-refractivity contribution is -0.144. The summed E-state index contributed by atoms with van der Waals surface area (Å²) < 4.78 is 0. The fourth-order valence-corrected chi connectivity index (χ4v) is 1.53. The van der Waals surface area contributed by atoms with Crippen molar-refractivity contribution in [2.24, 2.45) is 0 Å². The van der Waals surface area contributed by atoms with E-state index in [4.69, 9.17) is 5.11 Å². The molecule has 0 aliphatic carbocycles. The maximum atomic E-state index is 11.7. The molecule has 1 aliphatic rings. The first-order chi connectivity index (χ1) is 8.56. The Morgan fingerprint density at radius 1 is 1.61 bits per heavy atom. The summed E-state index contributed by atoms with van der Waals surface area (Å²) in [7, 11) is 0. The molecule has 1 saturated heterocycles. The van der Waals surface area contributed by atoms with Crippen molar-refractivity contribution in [1.29, 1.82) is 0 Å². The number of amides is 3. The van der Waals surface area contributed by atoms with E-state index in [0.29, 0.717) is 13.0 Å². The Morgan fingerprint density at radius 3 is 2.94 bits per heavy atom. The highest BCUT2D eigenvalue weighted by molar-refractivity contribution is 5.90. The number of rotatable bonds is 3. The first kappa shape index (κ1) is 13.8. The minimum atomic E-state index is -1.14. The Hall–Kier alpha value is -2.23. The number of nitrogens with zero attached hydrogens (tertiary/aromatic N) is 1. The van der Waals surface area contributed by atoms with Gasteiger partial charge in [0, 0.05) is 19.5 Å². The first-order valence-electron chi connectivity index (χ1n) is 5.50. The van der Waals surface area contributed by atoms with Crippen molar-refractivity contribution in [2.75, 3.05) is 19.6 Å². The van der Waals surface area contributed by atoms with Gasteiger partial charge in [0.1, 0.15) is 12.6 Å². The van der Waals surface area contributed by atoms with Crippen LogP contribution in [-0.4, -0.2) is 53.6 Å². The average molecular weight is 253 g/mol. The molecule has 1 unspecified atom stereocenters. The van der Waals surface area contributed by atoms with E-state index in [-0.39, 0.29) is 19.0 Å². The van der Waals surface area contributed by atoms with Gasteiger partial charge in [-0.15, -0.1) is 11.8 Å². The zero-order valence-corrected chi connectivity index (χ0v) is 10.0. The normalized spacial score (nSPS) is 18.4. The molecule has 0 aromatic heterocycles. The summed E-state index contributed by atoms with van der Waals surface area (Å²) in [4.78, 5) is 34.9. The molecule has 1 fully saturated rings. The lowest BCUT2D eigenvalue weighted by Crippen LogP contribution is -2.61. The number of carboxylic acid groups (broad SMARTS) is 1. The molecule has 1 heterocycles. The summed E-state index contributed by atoms with van der Waals surface area (Å²) in [6, 6.07) is -1.59. The summed E-state index contributed by atoms with van der Waals surface area (Å²) >= 11 is 0. The van der Waals surface area contributed by atoms with E-state index in [9.17, 15) is 14.4 Å². The van der Waals surface area contributed by atoms with Crippen molar-refractivity contribution in [1.82, 2.24) is 15.5 Å². The van der Waals surface area contributed by atoms with Crippen molar-refractivity contribution in [3.8, 4) is 11.8 Å². The average Bonchev–Trinajstić information content (AvgIpc) is 2.34. The molecule has 0 bridgehead atoms. The predicted molar refractivity (Wildman–Crippen MR) is 62.6 cm³/mol. The molecular formula is C11H15N3O4. The zero-order valence-electron chi connectivity index (χ0n) is 10.0. The van der Waals surface area contributed by atoms with Gasteiger partial charge in [0.25, 0.3) is 0 Å². The highest BCUT2D eigenvalue weighted by atomic mass is 16.4. The molecule has 0 radical (unpaired) electrons. The van der Waals surface area contributed by atoms with E-state index >= 15 is 0 Å². The summed E-state index contributed by atoms with van der Waals surface area (Å²) in [5.74, 6) is 3.95. The summed E-state index contributed by atoms with van der Waals surface area (Å²) in [5, 5.41) is 13.9. The van der Waals surface area contributed by atoms with Crippen LogP contribution in [0.15, 0.2) is 0 Å². The monoisotopic (exact) mass is 253 g/mol. The van der Waals surface area contributed by atoms with Crippen LogP contribution < -0.4 is 10.6 Å². The van der Waals surface area contributed by atoms with Crippen LogP contribution >= 0.6 is 0 Å². The van der Waals surface area contributed by atoms with E-state index in [2.05, 4.69) is 22.5 Å². The van der Waals surface area contributed by atoms with Crippen molar-refractivity contribution < 1.29 is 19.5 Å². The van der Waals surface area contributed by atoms with Crippen LogP contribution in [0.5, 0.6) is 0 Å². The number of nitrogens with one attached hydrogen (secondary N) is 2. The molecule has 0 saturated carbocycles. The SMILES string of the molecule is CC#CCCNC(=O)N1CC(=O)NCC1C(=O)O. The fraction of sp³-hybridized carbons (Fsp3) is 0.545. The Morgan fingerprint density at radius 2 is 2.33 bits per heavy atom. The van der Waals surface area contributed by atoms with E-state index in [1.807, 2.05) is 0 Å². The van der Waals surface area contributed by atoms with E-state index in [1.165, 1.54) is 0 Å². The molecule has 0 aromatic carbocycles. The third-order valence-corrected chi connectivity index (χ3v) is 2.43. The van der Waals surface area contributed by atoms with Gasteiger partial charge in [0.15, 0.2) is 0 Å². The summed E-state index contributed by atoms with van der Waals surface area (Å²) in [5.41, 5.74) is 0. The minimum absolute atomic E-state index is 0.0731. The van der Waals surface area contributed by atoms with E-state index < -0.39 is 18.0 Å². The molecule has 0 aromatic rings. The number of piperazine rings is 1. The number of hydrogen-bond acceptors (Lipinski definition) is 3. The Balaban J connectivity index is 2.57. The third-order valence-electron chi connectivity index (χ3n) is 2.43. The molecule has 1 rings (SSSR count). The maximum absolute atomic E-state index is 11.7. The largest absolute Gasteiger partial charge is 0.480 e. The van der Waals surface area contributed by atoms with Crippen molar-refractivity contribution in [3.63, 3.8) is 0 Å². The molecule has 18 heavy (non-hydrogen) atoms. The molecule has 98 valence electrons. The number of carbonyl (C=O) groups excluding carboxylic acids is 2. The number of carbonyl (C=O) groups is 3. The van der Waals surface area contributed by atoms with Crippen LogP contribution in [0.4, 0.5) is 4.79 Å². The molecule has 7 heteroatoms. The summed E-state index contributed by atoms with van der Waals surface area (Å²) in [6.07, 6.45) is 0.486. The highest BCUT2D eigenvalue weighted by Gasteiger charge is 2.34. The third kappa shape index (κ3) is 3.66. The quantitative estimate of drug-likeness (QED) is 0.443. The van der Waals surface area contributed by atoms with Gasteiger partial charge in [0.2, 0.25) is 5.91 Å². The zero-order chi connectivity index (χ0) is 13.5. The van der Waals surface area contributed by atoms with Crippen LogP contribution in [0, 0.1) is 11.8 Å². The van der Waals surface area contributed by atoms with Gasteiger partial charge in [-0.3, -0.25) is 9.69 Å². The number of hydrogen-bond donors (Lipinski definition) is 3. The lowest BCUT2D eigenvalue weighted by atomic mass is 10.2. The maximum Gasteiger partial charge on any atom is 0.328 e. The van der Waals surface area contributed by atoms with Crippen molar-refractivity contribution in [2.45, 2.75) is 19.4 Å². The minimum Gasteiger partial charge on any atom is -0.480 e. The van der Waals surface area contributed by atoms with Gasteiger partial charge in [-0.05, 0) is 6.92 Å². The van der Waals surface area contributed by atoms with Gasteiger partial charge in [0.05, 0.1) is 0 Å². The molecular weight excluding hydrogens is 238 g/mol. The van der Waals surface area contributed by atoms with E-state index in [0.717, 1.165) is 4.90 Å².